The summed E-state index contributed by atoms with van der Waals surface area (Å²) in [6.07, 6.45) is 0. The number of benzene rings is 2. The van der Waals surface area contributed by atoms with E-state index in [0.717, 1.165) is 28.3 Å². The normalized spacial score (nSPS) is 10.2. The Bertz CT molecular complexity index is 843. The zero-order valence-corrected chi connectivity index (χ0v) is 14.2. The van der Waals surface area contributed by atoms with E-state index in [9.17, 15) is 4.79 Å². The molecular weight excluding hydrogens is 322 g/mol. The van der Waals surface area contributed by atoms with Gasteiger partial charge in [0, 0.05) is 16.6 Å². The van der Waals surface area contributed by atoms with E-state index in [1.807, 2.05) is 60.8 Å². The van der Waals surface area contributed by atoms with Crippen LogP contribution < -0.4 is 15.4 Å². The van der Waals surface area contributed by atoms with Gasteiger partial charge in [-0.05, 0) is 48.9 Å². The topological polar surface area (TPSA) is 63.2 Å². The fourth-order valence-corrected chi connectivity index (χ4v) is 2.92. The number of nitrogens with zero attached hydrogens (tertiary/aromatic N) is 1. The highest BCUT2D eigenvalue weighted by Crippen LogP contribution is 2.26. The molecule has 0 aliphatic carbocycles. The molecule has 0 atom stereocenters. The molecule has 0 aliphatic rings. The highest BCUT2D eigenvalue weighted by atomic mass is 32.1. The van der Waals surface area contributed by atoms with Crippen LogP contribution in [0.25, 0.3) is 11.3 Å². The van der Waals surface area contributed by atoms with Gasteiger partial charge in [-0.25, -0.2) is 9.78 Å². The summed E-state index contributed by atoms with van der Waals surface area (Å²) in [5, 5.41) is 8.00. The maximum Gasteiger partial charge on any atom is 0.325 e. The Morgan fingerprint density at radius 3 is 2.62 bits per heavy atom. The standard InChI is InChI=1S/C18H17N3O2S/c1-12-4-3-5-14(10-12)19-17(22)21-18-20-16(11-24-18)13-6-8-15(23-2)9-7-13/h3-11H,1-2H3,(H2,19,20,21,22). The van der Waals surface area contributed by atoms with Crippen molar-refractivity contribution in [2.24, 2.45) is 0 Å². The molecule has 0 saturated carbocycles. The number of amides is 2. The first kappa shape index (κ1) is 16.0. The van der Waals surface area contributed by atoms with Gasteiger partial charge >= 0.3 is 6.03 Å². The van der Waals surface area contributed by atoms with E-state index in [1.165, 1.54) is 11.3 Å². The monoisotopic (exact) mass is 339 g/mol. The zero-order valence-electron chi connectivity index (χ0n) is 13.4. The molecule has 5 nitrogen and oxygen atoms in total. The molecule has 0 radical (unpaired) electrons. The summed E-state index contributed by atoms with van der Waals surface area (Å²) in [5.41, 5.74) is 3.62. The average Bonchev–Trinajstić information content (AvgIpc) is 3.03. The van der Waals surface area contributed by atoms with Gasteiger partial charge in [0.05, 0.1) is 12.8 Å². The lowest BCUT2D eigenvalue weighted by Gasteiger charge is -2.06. The van der Waals surface area contributed by atoms with Crippen molar-refractivity contribution in [2.45, 2.75) is 6.92 Å². The number of ether oxygens (including phenoxy) is 1. The SMILES string of the molecule is COc1ccc(-c2csc(NC(=O)Nc3cccc(C)c3)n2)cc1. The minimum atomic E-state index is -0.309. The number of aryl methyl sites for hydroxylation is 1. The predicted octanol–water partition coefficient (Wildman–Crippen LogP) is 4.77. The van der Waals surface area contributed by atoms with Crippen LogP contribution in [-0.4, -0.2) is 18.1 Å². The number of urea groups is 1. The minimum absolute atomic E-state index is 0.309. The van der Waals surface area contributed by atoms with Gasteiger partial charge in [0.1, 0.15) is 5.75 Å². The van der Waals surface area contributed by atoms with Crippen molar-refractivity contribution in [3.63, 3.8) is 0 Å². The highest BCUT2D eigenvalue weighted by molar-refractivity contribution is 7.14. The molecule has 2 N–H and O–H groups in total. The van der Waals surface area contributed by atoms with Crippen LogP contribution in [0.2, 0.25) is 0 Å². The molecule has 6 heteroatoms. The third-order valence-electron chi connectivity index (χ3n) is 3.39. The van der Waals surface area contributed by atoms with Gasteiger partial charge in [-0.1, -0.05) is 12.1 Å². The molecule has 3 rings (SSSR count). The lowest BCUT2D eigenvalue weighted by atomic mass is 10.2. The number of carbonyl (C=O) groups excluding carboxylic acids is 1. The van der Waals surface area contributed by atoms with Crippen LogP contribution in [-0.2, 0) is 0 Å². The maximum atomic E-state index is 12.1. The number of methoxy groups -OCH3 is 1. The van der Waals surface area contributed by atoms with Crippen molar-refractivity contribution in [2.75, 3.05) is 17.7 Å². The number of anilines is 2. The van der Waals surface area contributed by atoms with E-state index in [4.69, 9.17) is 4.74 Å². The van der Waals surface area contributed by atoms with Crippen LogP contribution >= 0.6 is 11.3 Å². The predicted molar refractivity (Wildman–Crippen MR) is 97.9 cm³/mol. The van der Waals surface area contributed by atoms with Crippen molar-refractivity contribution >= 4 is 28.2 Å². The van der Waals surface area contributed by atoms with Crippen LogP contribution in [0, 0.1) is 6.92 Å². The average molecular weight is 339 g/mol. The van der Waals surface area contributed by atoms with E-state index in [2.05, 4.69) is 15.6 Å². The Hall–Kier alpha value is -2.86. The summed E-state index contributed by atoms with van der Waals surface area (Å²) in [4.78, 5) is 16.5. The largest absolute Gasteiger partial charge is 0.497 e. The van der Waals surface area contributed by atoms with Gasteiger partial charge in [0.25, 0.3) is 0 Å². The molecule has 1 heterocycles. The van der Waals surface area contributed by atoms with E-state index < -0.39 is 0 Å². The first-order valence-electron chi connectivity index (χ1n) is 7.38. The second-order valence-corrected chi connectivity index (χ2v) is 6.07. The third-order valence-corrected chi connectivity index (χ3v) is 4.14. The van der Waals surface area contributed by atoms with Crippen molar-refractivity contribution < 1.29 is 9.53 Å². The van der Waals surface area contributed by atoms with Crippen LogP contribution in [0.1, 0.15) is 5.56 Å². The van der Waals surface area contributed by atoms with Crippen LogP contribution in [0.15, 0.2) is 53.9 Å². The molecule has 0 saturated heterocycles. The lowest BCUT2D eigenvalue weighted by Crippen LogP contribution is -2.19. The number of hydrogen-bond acceptors (Lipinski definition) is 4. The molecule has 122 valence electrons. The molecule has 0 fully saturated rings. The number of aromatic nitrogens is 1. The summed E-state index contributed by atoms with van der Waals surface area (Å²) < 4.78 is 5.14. The number of hydrogen-bond donors (Lipinski definition) is 2. The summed E-state index contributed by atoms with van der Waals surface area (Å²) in [5.74, 6) is 0.796. The summed E-state index contributed by atoms with van der Waals surface area (Å²) >= 11 is 1.38. The van der Waals surface area contributed by atoms with Crippen molar-refractivity contribution in [1.29, 1.82) is 0 Å². The number of rotatable bonds is 4. The second-order valence-electron chi connectivity index (χ2n) is 5.22. The zero-order chi connectivity index (χ0) is 16.9. The quantitative estimate of drug-likeness (QED) is 0.719. The van der Waals surface area contributed by atoms with E-state index in [-0.39, 0.29) is 6.03 Å². The maximum absolute atomic E-state index is 12.1. The van der Waals surface area contributed by atoms with Gasteiger partial charge in [-0.2, -0.15) is 0 Å². The first-order chi connectivity index (χ1) is 11.6. The minimum Gasteiger partial charge on any atom is -0.497 e. The van der Waals surface area contributed by atoms with Crippen LogP contribution in [0.4, 0.5) is 15.6 Å². The van der Waals surface area contributed by atoms with Crippen LogP contribution in [0.3, 0.4) is 0 Å². The van der Waals surface area contributed by atoms with Gasteiger partial charge < -0.3 is 10.1 Å². The smallest absolute Gasteiger partial charge is 0.325 e. The molecular formula is C18H17N3O2S. The summed E-state index contributed by atoms with van der Waals surface area (Å²) in [6.45, 7) is 1.98. The molecule has 0 unspecified atom stereocenters. The number of nitrogens with one attached hydrogen (secondary N) is 2. The summed E-state index contributed by atoms with van der Waals surface area (Å²) in [6, 6.07) is 15.0. The Kier molecular flexibility index (Phi) is 4.77. The first-order valence-corrected chi connectivity index (χ1v) is 8.26. The van der Waals surface area contributed by atoms with Crippen LogP contribution in [0.5, 0.6) is 5.75 Å². The molecule has 2 amide bonds. The van der Waals surface area contributed by atoms with Gasteiger partial charge in [0.15, 0.2) is 5.13 Å². The van der Waals surface area contributed by atoms with E-state index in [1.54, 1.807) is 7.11 Å². The molecule has 0 bridgehead atoms. The highest BCUT2D eigenvalue weighted by Gasteiger charge is 2.08. The Morgan fingerprint density at radius 1 is 1.12 bits per heavy atom. The Balaban J connectivity index is 1.65. The van der Waals surface area contributed by atoms with Gasteiger partial charge in [-0.15, -0.1) is 11.3 Å². The van der Waals surface area contributed by atoms with Gasteiger partial charge in [0.2, 0.25) is 0 Å². The molecule has 0 aliphatic heterocycles. The molecule has 3 aromatic rings. The van der Waals surface area contributed by atoms with E-state index in [0.29, 0.717) is 5.13 Å². The molecule has 1 aromatic heterocycles. The van der Waals surface area contributed by atoms with E-state index >= 15 is 0 Å². The van der Waals surface area contributed by atoms with Crippen molar-refractivity contribution in [3.05, 3.63) is 59.5 Å². The summed E-state index contributed by atoms with van der Waals surface area (Å²) in [7, 11) is 1.63. The Morgan fingerprint density at radius 2 is 1.92 bits per heavy atom. The third kappa shape index (κ3) is 3.91. The molecule has 24 heavy (non-hydrogen) atoms. The van der Waals surface area contributed by atoms with Crippen molar-refractivity contribution in [1.82, 2.24) is 4.98 Å². The number of thiazole rings is 1. The fraction of sp³-hybridized carbons (Fsp3) is 0.111. The molecule has 2 aromatic carbocycles. The molecule has 0 spiro atoms. The van der Waals surface area contributed by atoms with Gasteiger partial charge in [-0.3, -0.25) is 5.32 Å². The lowest BCUT2D eigenvalue weighted by molar-refractivity contribution is 0.262. The second kappa shape index (κ2) is 7.14. The fourth-order valence-electron chi connectivity index (χ4n) is 2.21. The number of carbonyl (C=O) groups is 1. The van der Waals surface area contributed by atoms with Crippen molar-refractivity contribution in [3.8, 4) is 17.0 Å². The Labute approximate surface area is 144 Å².